The number of carboxylic acids is 1. The van der Waals surface area contributed by atoms with Crippen molar-refractivity contribution >= 4 is 44.9 Å². The summed E-state index contributed by atoms with van der Waals surface area (Å²) in [6.45, 7) is 5.22. The van der Waals surface area contributed by atoms with Crippen molar-refractivity contribution < 1.29 is 27.9 Å². The molecule has 0 spiro atoms. The van der Waals surface area contributed by atoms with Crippen LogP contribution in [-0.4, -0.2) is 86.2 Å². The van der Waals surface area contributed by atoms with E-state index in [2.05, 4.69) is 21.7 Å². The minimum Gasteiger partial charge on any atom is -0.481 e. The number of nitrogens with two attached hydrogens (primary N) is 1. The number of carbonyl (C=O) groups is 3. The average molecular weight is 573 g/mol. The summed E-state index contributed by atoms with van der Waals surface area (Å²) in [4.78, 5) is 40.6. The van der Waals surface area contributed by atoms with E-state index in [0.717, 1.165) is 24.8 Å². The van der Waals surface area contributed by atoms with E-state index in [9.17, 15) is 22.8 Å². The summed E-state index contributed by atoms with van der Waals surface area (Å²) in [6, 6.07) is 10.4. The summed E-state index contributed by atoms with van der Waals surface area (Å²) in [5.41, 5.74) is 0. The molecule has 1 saturated heterocycles. The topological polar surface area (TPSA) is 174 Å². The normalized spacial score (nSPS) is 16.5. The smallest absolute Gasteiger partial charge is 0.305 e. The highest BCUT2D eigenvalue weighted by atomic mass is 32.2. The Morgan fingerprint density at radius 1 is 1.23 bits per heavy atom. The van der Waals surface area contributed by atoms with Crippen LogP contribution in [0.5, 0.6) is 0 Å². The number of hydrogen-bond donors (Lipinski definition) is 4. The lowest BCUT2D eigenvalue weighted by Gasteiger charge is -2.31. The van der Waals surface area contributed by atoms with Crippen LogP contribution in [0.1, 0.15) is 25.7 Å². The van der Waals surface area contributed by atoms with E-state index in [4.69, 9.17) is 10.9 Å². The fourth-order valence-corrected chi connectivity index (χ4v) is 5.87. The Morgan fingerprint density at radius 2 is 1.98 bits per heavy atom. The first-order chi connectivity index (χ1) is 19.1. The molecule has 0 aliphatic carbocycles. The van der Waals surface area contributed by atoms with Crippen molar-refractivity contribution in [3.63, 3.8) is 0 Å². The zero-order valence-electron chi connectivity index (χ0n) is 22.2. The molecule has 0 bridgehead atoms. The summed E-state index contributed by atoms with van der Waals surface area (Å²) in [5, 5.41) is 17.0. The number of benzene rings is 2. The molecule has 0 aromatic heterocycles. The summed E-state index contributed by atoms with van der Waals surface area (Å²) in [5.74, 6) is 3.02. The van der Waals surface area contributed by atoms with Crippen molar-refractivity contribution in [2.24, 2.45) is 16.9 Å². The van der Waals surface area contributed by atoms with Gasteiger partial charge in [0.25, 0.3) is 0 Å². The predicted molar refractivity (Wildman–Crippen MR) is 152 cm³/mol. The summed E-state index contributed by atoms with van der Waals surface area (Å²) in [7, 11) is -4.22. The highest BCUT2D eigenvalue weighted by molar-refractivity contribution is 7.89. The number of nitrogens with one attached hydrogen (secondary N) is 2. The Morgan fingerprint density at radius 3 is 2.67 bits per heavy atom. The van der Waals surface area contributed by atoms with Crippen LogP contribution in [-0.2, 0) is 24.4 Å². The second-order valence-corrected chi connectivity index (χ2v) is 11.4. The number of fused-ring (bicyclic) bond motifs is 1. The van der Waals surface area contributed by atoms with E-state index in [1.807, 2.05) is 17.0 Å². The number of hydrogen-bond acceptors (Lipinski definition) is 7. The number of rotatable bonds is 14. The maximum Gasteiger partial charge on any atom is 0.305 e. The SMILES string of the molecule is C=CCN(CCC(=O)O)C(=O)[C@H](CC(=O)NC[C@@H]1CCCN(C=NN)C1)NS(=O)(=O)c1ccc2ccccc2c1. The molecule has 2 aromatic carbocycles. The first-order valence-corrected chi connectivity index (χ1v) is 14.5. The molecule has 1 aliphatic rings. The first kappa shape index (κ1) is 30.6. The zero-order chi connectivity index (χ0) is 29.1. The van der Waals surface area contributed by atoms with Crippen molar-refractivity contribution in [2.75, 3.05) is 32.7 Å². The molecule has 1 aliphatic heterocycles. The molecule has 0 radical (unpaired) electrons. The molecule has 13 heteroatoms. The molecular formula is C27H36N6O6S. The second kappa shape index (κ2) is 14.4. The monoisotopic (exact) mass is 572 g/mol. The molecule has 12 nitrogen and oxygen atoms in total. The molecule has 2 amide bonds. The van der Waals surface area contributed by atoms with Crippen LogP contribution in [0.4, 0.5) is 0 Å². The average Bonchev–Trinajstić information content (AvgIpc) is 2.93. The number of carboxylic acid groups (broad SMARTS) is 1. The summed E-state index contributed by atoms with van der Waals surface area (Å²) >= 11 is 0. The molecule has 5 N–H and O–H groups in total. The van der Waals surface area contributed by atoms with Crippen molar-refractivity contribution in [3.05, 3.63) is 55.1 Å². The lowest BCUT2D eigenvalue weighted by atomic mass is 9.98. The summed E-state index contributed by atoms with van der Waals surface area (Å²) < 4.78 is 29.1. The maximum atomic E-state index is 13.5. The van der Waals surface area contributed by atoms with Gasteiger partial charge < -0.3 is 26.1 Å². The van der Waals surface area contributed by atoms with E-state index >= 15 is 0 Å². The van der Waals surface area contributed by atoms with Gasteiger partial charge in [-0.3, -0.25) is 14.4 Å². The van der Waals surface area contributed by atoms with E-state index < -0.39 is 40.3 Å². The van der Waals surface area contributed by atoms with Gasteiger partial charge in [-0.05, 0) is 41.7 Å². The number of hydrazone groups is 1. The van der Waals surface area contributed by atoms with Crippen molar-refractivity contribution in [3.8, 4) is 0 Å². The van der Waals surface area contributed by atoms with Crippen LogP contribution in [0.3, 0.4) is 0 Å². The highest BCUT2D eigenvalue weighted by Crippen LogP contribution is 2.20. The third-order valence-electron chi connectivity index (χ3n) is 6.64. The van der Waals surface area contributed by atoms with E-state index in [1.165, 1.54) is 23.1 Å². The minimum atomic E-state index is -4.22. The zero-order valence-corrected chi connectivity index (χ0v) is 23.1. The molecule has 1 fully saturated rings. The molecule has 2 atom stereocenters. The Labute approximate surface area is 233 Å². The van der Waals surface area contributed by atoms with Gasteiger partial charge in [0.1, 0.15) is 12.4 Å². The third kappa shape index (κ3) is 8.78. The number of nitrogens with zero attached hydrogens (tertiary/aromatic N) is 3. The molecule has 3 rings (SSSR count). The van der Waals surface area contributed by atoms with Crippen LogP contribution in [0.2, 0.25) is 0 Å². The van der Waals surface area contributed by atoms with Crippen LogP contribution in [0, 0.1) is 5.92 Å². The van der Waals surface area contributed by atoms with Crippen LogP contribution >= 0.6 is 0 Å². The molecular weight excluding hydrogens is 536 g/mol. The molecule has 1 heterocycles. The van der Waals surface area contributed by atoms with Crippen LogP contribution in [0.15, 0.2) is 65.1 Å². The molecule has 2 aromatic rings. The van der Waals surface area contributed by atoms with Gasteiger partial charge in [-0.2, -0.15) is 9.82 Å². The van der Waals surface area contributed by atoms with Gasteiger partial charge in [0, 0.05) is 32.7 Å². The number of aliphatic carboxylic acids is 1. The summed E-state index contributed by atoms with van der Waals surface area (Å²) in [6.07, 6.45) is 3.94. The molecule has 40 heavy (non-hydrogen) atoms. The lowest BCUT2D eigenvalue weighted by molar-refractivity contribution is -0.139. The molecule has 0 saturated carbocycles. The van der Waals surface area contributed by atoms with E-state index in [1.54, 1.807) is 24.5 Å². The minimum absolute atomic E-state index is 0.0114. The lowest BCUT2D eigenvalue weighted by Crippen LogP contribution is -2.51. The van der Waals surface area contributed by atoms with E-state index in [-0.39, 0.29) is 30.3 Å². The van der Waals surface area contributed by atoms with Gasteiger partial charge in [-0.1, -0.05) is 36.4 Å². The van der Waals surface area contributed by atoms with Gasteiger partial charge in [0.2, 0.25) is 21.8 Å². The van der Waals surface area contributed by atoms with Gasteiger partial charge in [0.05, 0.1) is 17.7 Å². The third-order valence-corrected chi connectivity index (χ3v) is 8.11. The van der Waals surface area contributed by atoms with Crippen molar-refractivity contribution in [1.82, 2.24) is 19.8 Å². The van der Waals surface area contributed by atoms with Crippen molar-refractivity contribution in [2.45, 2.75) is 36.6 Å². The van der Waals surface area contributed by atoms with Gasteiger partial charge in [0.15, 0.2) is 0 Å². The van der Waals surface area contributed by atoms with Gasteiger partial charge in [-0.25, -0.2) is 8.42 Å². The van der Waals surface area contributed by atoms with Gasteiger partial charge >= 0.3 is 5.97 Å². The number of amides is 2. The Hall–Kier alpha value is -3.97. The number of carbonyl (C=O) groups excluding carboxylic acids is 2. The number of piperidine rings is 1. The first-order valence-electron chi connectivity index (χ1n) is 13.0. The van der Waals surface area contributed by atoms with Crippen LogP contribution < -0.4 is 15.9 Å². The fraction of sp³-hybridized carbons (Fsp3) is 0.407. The van der Waals surface area contributed by atoms with Crippen molar-refractivity contribution in [1.29, 1.82) is 0 Å². The number of likely N-dealkylation sites (tertiary alicyclic amines) is 1. The standard InChI is InChI=1S/C27H36N6O6S/c1-2-12-33(14-11-26(35)36)27(37)24(16-25(34)29-17-20-6-5-13-32(18-20)19-30-28)31-40(38,39)23-10-9-21-7-3-4-8-22(21)15-23/h2-4,7-10,15,19-20,24,31H,1,5-6,11-14,16-18,28H2,(H,29,34)(H,35,36)/t20-,24-/m0/s1. The molecule has 0 unspecified atom stereocenters. The number of sulfonamides is 1. The predicted octanol–water partition coefficient (Wildman–Crippen LogP) is 1.10. The second-order valence-electron chi connectivity index (χ2n) is 9.68. The Bertz CT molecular complexity index is 1350. The fourth-order valence-electron chi connectivity index (χ4n) is 4.65. The Balaban J connectivity index is 1.78. The maximum absolute atomic E-state index is 13.5. The Kier molecular flexibility index (Phi) is 11.0. The van der Waals surface area contributed by atoms with Gasteiger partial charge in [-0.15, -0.1) is 6.58 Å². The quantitative estimate of drug-likeness (QED) is 0.0856. The highest BCUT2D eigenvalue weighted by Gasteiger charge is 2.31. The molecule has 216 valence electrons. The van der Waals surface area contributed by atoms with E-state index in [0.29, 0.717) is 18.5 Å². The van der Waals surface area contributed by atoms with Crippen LogP contribution in [0.25, 0.3) is 10.8 Å². The largest absolute Gasteiger partial charge is 0.481 e.